The Kier molecular flexibility index (Phi) is 3.61. The number of pyridine rings is 1. The number of nitrogens with zero attached hydrogens (tertiary/aromatic N) is 4. The number of rotatable bonds is 4. The Morgan fingerprint density at radius 1 is 1.39 bits per heavy atom. The molecule has 0 bridgehead atoms. The van der Waals surface area contributed by atoms with E-state index < -0.39 is 0 Å². The van der Waals surface area contributed by atoms with Crippen LogP contribution in [-0.2, 0) is 11.8 Å². The van der Waals surface area contributed by atoms with Crippen LogP contribution in [0.1, 0.15) is 6.92 Å². The highest BCUT2D eigenvalue weighted by Crippen LogP contribution is 2.24. The van der Waals surface area contributed by atoms with Crippen molar-refractivity contribution in [3.63, 3.8) is 0 Å². The average molecular weight is 263 g/mol. The molecule has 0 unspecified atom stereocenters. The van der Waals surface area contributed by atoms with Crippen LogP contribution in [0.25, 0.3) is 11.4 Å². The van der Waals surface area contributed by atoms with Gasteiger partial charge in [0.25, 0.3) is 0 Å². The molecule has 7 heteroatoms. The first-order chi connectivity index (χ1) is 8.59. The molecule has 18 heavy (non-hydrogen) atoms. The predicted octanol–water partition coefficient (Wildman–Crippen LogP) is 0.843. The summed E-state index contributed by atoms with van der Waals surface area (Å²) in [6.07, 6.45) is 3.39. The van der Waals surface area contributed by atoms with Crippen LogP contribution < -0.4 is 5.73 Å². The van der Waals surface area contributed by atoms with Crippen molar-refractivity contribution < 1.29 is 4.79 Å². The summed E-state index contributed by atoms with van der Waals surface area (Å²) in [5.41, 5.74) is 6.16. The maximum absolute atomic E-state index is 11.0. The number of amides is 1. The molecule has 2 N–H and O–H groups in total. The van der Waals surface area contributed by atoms with Crippen molar-refractivity contribution in [1.82, 2.24) is 19.7 Å². The van der Waals surface area contributed by atoms with Gasteiger partial charge < -0.3 is 10.3 Å². The van der Waals surface area contributed by atoms with Crippen LogP contribution in [0.3, 0.4) is 0 Å². The lowest BCUT2D eigenvalue weighted by atomic mass is 10.2. The molecule has 2 heterocycles. The molecule has 0 aromatic carbocycles. The van der Waals surface area contributed by atoms with Gasteiger partial charge in [0, 0.05) is 25.0 Å². The van der Waals surface area contributed by atoms with Crippen LogP contribution in [0.5, 0.6) is 0 Å². The highest BCUT2D eigenvalue weighted by Gasteiger charge is 2.16. The first-order valence-electron chi connectivity index (χ1n) is 5.35. The van der Waals surface area contributed by atoms with Crippen molar-refractivity contribution in [2.24, 2.45) is 12.8 Å². The molecule has 0 aliphatic carbocycles. The molecule has 2 rings (SSSR count). The van der Waals surface area contributed by atoms with Gasteiger partial charge in [-0.3, -0.25) is 9.78 Å². The minimum absolute atomic E-state index is 0.335. The molecular formula is C11H13N5OS. The molecule has 0 fully saturated rings. The van der Waals surface area contributed by atoms with Crippen LogP contribution in [0.15, 0.2) is 29.7 Å². The molecule has 0 spiro atoms. The third kappa shape index (κ3) is 2.51. The second-order valence-corrected chi connectivity index (χ2v) is 5.07. The molecule has 94 valence electrons. The van der Waals surface area contributed by atoms with Gasteiger partial charge in [0.1, 0.15) is 0 Å². The van der Waals surface area contributed by atoms with E-state index in [-0.39, 0.29) is 11.2 Å². The Labute approximate surface area is 109 Å². The third-order valence-corrected chi connectivity index (χ3v) is 3.61. The van der Waals surface area contributed by atoms with Gasteiger partial charge in [-0.2, -0.15) is 0 Å². The number of primary amides is 1. The second kappa shape index (κ2) is 5.18. The first kappa shape index (κ1) is 12.6. The van der Waals surface area contributed by atoms with Crippen molar-refractivity contribution >= 4 is 17.7 Å². The van der Waals surface area contributed by atoms with Crippen molar-refractivity contribution in [2.45, 2.75) is 17.3 Å². The number of thioether (sulfide) groups is 1. The fraction of sp³-hybridized carbons (Fsp3) is 0.273. The lowest BCUT2D eigenvalue weighted by molar-refractivity contribution is -0.117. The van der Waals surface area contributed by atoms with Crippen LogP contribution >= 0.6 is 11.8 Å². The quantitative estimate of drug-likeness (QED) is 0.826. The predicted molar refractivity (Wildman–Crippen MR) is 68.7 cm³/mol. The Bertz CT molecular complexity index is 554. The number of hydrogen-bond donors (Lipinski definition) is 1. The maximum atomic E-state index is 11.0. The number of nitrogens with two attached hydrogens (primary N) is 1. The summed E-state index contributed by atoms with van der Waals surface area (Å²) in [4.78, 5) is 15.0. The van der Waals surface area contributed by atoms with E-state index in [1.807, 2.05) is 23.7 Å². The number of carbonyl (C=O) groups excluding carboxylic acids is 1. The van der Waals surface area contributed by atoms with Crippen molar-refractivity contribution in [2.75, 3.05) is 0 Å². The zero-order valence-corrected chi connectivity index (χ0v) is 10.9. The van der Waals surface area contributed by atoms with E-state index in [2.05, 4.69) is 15.2 Å². The van der Waals surface area contributed by atoms with Gasteiger partial charge in [-0.05, 0) is 19.1 Å². The smallest absolute Gasteiger partial charge is 0.230 e. The lowest BCUT2D eigenvalue weighted by Crippen LogP contribution is -2.22. The molecule has 0 aliphatic rings. The van der Waals surface area contributed by atoms with E-state index >= 15 is 0 Å². The molecule has 2 aromatic rings. The van der Waals surface area contributed by atoms with E-state index in [0.29, 0.717) is 5.16 Å². The minimum atomic E-state index is -0.367. The zero-order valence-electron chi connectivity index (χ0n) is 10.1. The van der Waals surface area contributed by atoms with Crippen LogP contribution in [0.4, 0.5) is 0 Å². The van der Waals surface area contributed by atoms with Gasteiger partial charge in [-0.1, -0.05) is 11.8 Å². The van der Waals surface area contributed by atoms with E-state index in [1.165, 1.54) is 11.8 Å². The van der Waals surface area contributed by atoms with Crippen LogP contribution in [0.2, 0.25) is 0 Å². The Morgan fingerprint density at radius 2 is 2.06 bits per heavy atom. The van der Waals surface area contributed by atoms with Gasteiger partial charge in [0.2, 0.25) is 5.91 Å². The van der Waals surface area contributed by atoms with Crippen LogP contribution in [0, 0.1) is 0 Å². The first-order valence-corrected chi connectivity index (χ1v) is 6.23. The summed E-state index contributed by atoms with van der Waals surface area (Å²) >= 11 is 1.29. The van der Waals surface area contributed by atoms with Crippen molar-refractivity contribution in [1.29, 1.82) is 0 Å². The monoisotopic (exact) mass is 263 g/mol. The van der Waals surface area contributed by atoms with Gasteiger partial charge >= 0.3 is 0 Å². The van der Waals surface area contributed by atoms with Gasteiger partial charge in [-0.15, -0.1) is 10.2 Å². The molecule has 2 aromatic heterocycles. The van der Waals surface area contributed by atoms with E-state index in [4.69, 9.17) is 5.73 Å². The fourth-order valence-corrected chi connectivity index (χ4v) is 2.15. The Morgan fingerprint density at radius 3 is 2.67 bits per heavy atom. The zero-order chi connectivity index (χ0) is 13.1. The van der Waals surface area contributed by atoms with Crippen LogP contribution in [-0.4, -0.2) is 30.9 Å². The summed E-state index contributed by atoms with van der Waals surface area (Å²) in [7, 11) is 1.85. The molecule has 0 aliphatic heterocycles. The number of aromatic nitrogens is 4. The van der Waals surface area contributed by atoms with Gasteiger partial charge in [0.05, 0.1) is 5.25 Å². The average Bonchev–Trinajstić information content (AvgIpc) is 2.72. The topological polar surface area (TPSA) is 86.7 Å². The highest BCUT2D eigenvalue weighted by molar-refractivity contribution is 8.00. The molecule has 1 atom stereocenters. The normalized spacial score (nSPS) is 12.3. The molecule has 0 saturated heterocycles. The molecule has 0 radical (unpaired) electrons. The summed E-state index contributed by atoms with van der Waals surface area (Å²) in [5, 5.41) is 8.50. The van der Waals surface area contributed by atoms with E-state index in [1.54, 1.807) is 19.3 Å². The summed E-state index contributed by atoms with van der Waals surface area (Å²) in [5.74, 6) is 0.366. The summed E-state index contributed by atoms with van der Waals surface area (Å²) in [6, 6.07) is 3.71. The fourth-order valence-electron chi connectivity index (χ4n) is 1.39. The SMILES string of the molecule is C[C@@H](Sc1nnc(-c2ccncc2)n1C)C(N)=O. The van der Waals surface area contributed by atoms with Crippen molar-refractivity contribution in [3.8, 4) is 11.4 Å². The van der Waals surface area contributed by atoms with Gasteiger partial charge in [-0.25, -0.2) is 0 Å². The van der Waals surface area contributed by atoms with Crippen molar-refractivity contribution in [3.05, 3.63) is 24.5 Å². The Balaban J connectivity index is 2.27. The van der Waals surface area contributed by atoms with Gasteiger partial charge in [0.15, 0.2) is 11.0 Å². The molecular weight excluding hydrogens is 250 g/mol. The standard InChI is InChI=1S/C11H13N5OS/c1-7(9(12)17)18-11-15-14-10(16(11)2)8-3-5-13-6-4-8/h3-7H,1-2H3,(H2,12,17)/t7-/m1/s1. The highest BCUT2D eigenvalue weighted by atomic mass is 32.2. The summed E-state index contributed by atoms with van der Waals surface area (Å²) in [6.45, 7) is 1.74. The number of carbonyl (C=O) groups is 1. The lowest BCUT2D eigenvalue weighted by Gasteiger charge is -2.06. The Hall–Kier alpha value is -1.89. The number of hydrogen-bond acceptors (Lipinski definition) is 5. The largest absolute Gasteiger partial charge is 0.369 e. The molecule has 6 nitrogen and oxygen atoms in total. The second-order valence-electron chi connectivity index (χ2n) is 3.76. The van der Waals surface area contributed by atoms with E-state index in [9.17, 15) is 4.79 Å². The van der Waals surface area contributed by atoms with E-state index in [0.717, 1.165) is 11.4 Å². The maximum Gasteiger partial charge on any atom is 0.230 e. The molecule has 1 amide bonds. The third-order valence-electron chi connectivity index (χ3n) is 2.46. The summed E-state index contributed by atoms with van der Waals surface area (Å²) < 4.78 is 1.83. The minimum Gasteiger partial charge on any atom is -0.369 e. The molecule has 0 saturated carbocycles.